The molecule has 1 aromatic carbocycles. The molecule has 3 heterocycles. The molecule has 126 valence electrons. The van der Waals surface area contributed by atoms with Gasteiger partial charge in [0, 0.05) is 12.6 Å². The number of aryl methyl sites for hydroxylation is 1. The molecule has 0 amide bonds. The number of nitrogens with zero attached hydrogens (tertiary/aromatic N) is 4. The smallest absolute Gasteiger partial charge is 0.332 e. The predicted octanol–water partition coefficient (Wildman–Crippen LogP) is 2.18. The van der Waals surface area contributed by atoms with Crippen LogP contribution in [-0.2, 0) is 13.6 Å². The molecular weight excluding hydrogens is 320 g/mol. The Morgan fingerprint density at radius 1 is 1.24 bits per heavy atom. The molecule has 25 heavy (non-hydrogen) atoms. The lowest BCUT2D eigenvalue weighted by Crippen LogP contribution is -2.39. The zero-order chi connectivity index (χ0) is 17.7. The van der Waals surface area contributed by atoms with Crippen LogP contribution in [0.2, 0.25) is 0 Å². The maximum absolute atomic E-state index is 12.9. The van der Waals surface area contributed by atoms with Crippen LogP contribution in [0.15, 0.2) is 62.7 Å². The zero-order valence-corrected chi connectivity index (χ0v) is 13.9. The third-order valence-corrected chi connectivity index (χ3v) is 4.08. The SMILES string of the molecule is C=C(C)Cn1c(=O)c2c(nc3oc(-c4ccccc4)cn32)n(C)c1=O. The summed E-state index contributed by atoms with van der Waals surface area (Å²) >= 11 is 0. The van der Waals surface area contributed by atoms with Crippen molar-refractivity contribution in [3.05, 3.63) is 69.5 Å². The minimum atomic E-state index is -0.426. The average Bonchev–Trinajstić information content (AvgIpc) is 3.15. The van der Waals surface area contributed by atoms with Crippen molar-refractivity contribution < 1.29 is 4.42 Å². The normalized spacial score (nSPS) is 11.4. The van der Waals surface area contributed by atoms with Gasteiger partial charge in [-0.1, -0.05) is 42.5 Å². The molecule has 0 N–H and O–H groups in total. The van der Waals surface area contributed by atoms with E-state index in [4.69, 9.17) is 4.42 Å². The van der Waals surface area contributed by atoms with Crippen molar-refractivity contribution in [2.75, 3.05) is 0 Å². The average molecular weight is 336 g/mol. The molecule has 0 saturated carbocycles. The van der Waals surface area contributed by atoms with Crippen LogP contribution < -0.4 is 11.2 Å². The number of fused-ring (bicyclic) bond motifs is 3. The van der Waals surface area contributed by atoms with E-state index in [-0.39, 0.29) is 12.4 Å². The van der Waals surface area contributed by atoms with Crippen molar-refractivity contribution in [2.24, 2.45) is 7.05 Å². The maximum atomic E-state index is 12.9. The third-order valence-electron chi connectivity index (χ3n) is 4.08. The molecule has 0 atom stereocenters. The first-order valence-corrected chi connectivity index (χ1v) is 7.78. The van der Waals surface area contributed by atoms with Gasteiger partial charge in [0.1, 0.15) is 0 Å². The molecule has 0 radical (unpaired) electrons. The Hall–Kier alpha value is -3.35. The molecule has 0 bridgehead atoms. The minimum Gasteiger partial charge on any atom is -0.423 e. The van der Waals surface area contributed by atoms with Crippen LogP contribution in [0.5, 0.6) is 0 Å². The predicted molar refractivity (Wildman–Crippen MR) is 94.7 cm³/mol. The van der Waals surface area contributed by atoms with Crippen molar-refractivity contribution in [1.29, 1.82) is 0 Å². The summed E-state index contributed by atoms with van der Waals surface area (Å²) in [6.07, 6.45) is 1.72. The fraction of sp³-hybridized carbons (Fsp3) is 0.167. The lowest BCUT2D eigenvalue weighted by Gasteiger charge is -2.07. The van der Waals surface area contributed by atoms with Crippen LogP contribution in [0.3, 0.4) is 0 Å². The van der Waals surface area contributed by atoms with Gasteiger partial charge in [-0.2, -0.15) is 4.98 Å². The summed E-state index contributed by atoms with van der Waals surface area (Å²) < 4.78 is 9.88. The fourth-order valence-corrected chi connectivity index (χ4v) is 2.90. The summed E-state index contributed by atoms with van der Waals surface area (Å²) in [6.45, 7) is 5.72. The Kier molecular flexibility index (Phi) is 3.24. The van der Waals surface area contributed by atoms with E-state index in [9.17, 15) is 9.59 Å². The molecule has 0 spiro atoms. The largest absolute Gasteiger partial charge is 0.423 e. The van der Waals surface area contributed by atoms with Crippen molar-refractivity contribution >= 4 is 17.0 Å². The Bertz CT molecular complexity index is 1240. The standard InChI is InChI=1S/C18H16N4O3/c1-11(2)9-22-16(23)14-15(20(3)18(22)24)19-17-21(14)10-13(25-17)12-7-5-4-6-8-12/h4-8,10H,1,9H2,2-3H3. The molecule has 0 aliphatic carbocycles. The number of allylic oxidation sites excluding steroid dienone is 1. The van der Waals surface area contributed by atoms with Gasteiger partial charge in [-0.3, -0.25) is 18.3 Å². The van der Waals surface area contributed by atoms with Gasteiger partial charge in [0.05, 0.1) is 12.7 Å². The molecule has 0 unspecified atom stereocenters. The molecule has 7 heteroatoms. The van der Waals surface area contributed by atoms with E-state index in [1.165, 1.54) is 4.57 Å². The lowest BCUT2D eigenvalue weighted by molar-refractivity contribution is 0.610. The highest BCUT2D eigenvalue weighted by Crippen LogP contribution is 2.24. The monoisotopic (exact) mass is 336 g/mol. The van der Waals surface area contributed by atoms with E-state index >= 15 is 0 Å². The van der Waals surface area contributed by atoms with Crippen LogP contribution in [0, 0.1) is 0 Å². The number of benzene rings is 1. The molecule has 4 aromatic rings. The van der Waals surface area contributed by atoms with Gasteiger partial charge in [0.25, 0.3) is 5.56 Å². The molecule has 3 aromatic heterocycles. The summed E-state index contributed by atoms with van der Waals surface area (Å²) in [5.74, 6) is 0.874. The number of aromatic nitrogens is 4. The van der Waals surface area contributed by atoms with E-state index in [0.29, 0.717) is 16.9 Å². The van der Waals surface area contributed by atoms with Crippen molar-refractivity contribution in [3.63, 3.8) is 0 Å². The fourth-order valence-electron chi connectivity index (χ4n) is 2.90. The first-order chi connectivity index (χ1) is 12.0. The van der Waals surface area contributed by atoms with E-state index in [1.54, 1.807) is 24.6 Å². The molecule has 7 nitrogen and oxygen atoms in total. The Balaban J connectivity index is 2.06. The second-order valence-electron chi connectivity index (χ2n) is 6.09. The highest BCUT2D eigenvalue weighted by Gasteiger charge is 2.19. The van der Waals surface area contributed by atoms with Gasteiger partial charge < -0.3 is 4.42 Å². The number of rotatable bonds is 3. The Labute approximate surface area is 142 Å². The van der Waals surface area contributed by atoms with Crippen LogP contribution in [-0.4, -0.2) is 18.5 Å². The van der Waals surface area contributed by atoms with E-state index in [0.717, 1.165) is 15.7 Å². The second-order valence-corrected chi connectivity index (χ2v) is 6.09. The highest BCUT2D eigenvalue weighted by molar-refractivity contribution is 5.76. The quantitative estimate of drug-likeness (QED) is 0.538. The Morgan fingerprint density at radius 3 is 2.64 bits per heavy atom. The first kappa shape index (κ1) is 15.2. The summed E-state index contributed by atoms with van der Waals surface area (Å²) in [5.41, 5.74) is 1.37. The van der Waals surface area contributed by atoms with E-state index < -0.39 is 11.2 Å². The number of oxazole rings is 1. The van der Waals surface area contributed by atoms with E-state index in [2.05, 4.69) is 11.6 Å². The maximum Gasteiger partial charge on any atom is 0.332 e. The van der Waals surface area contributed by atoms with Gasteiger partial charge in [-0.25, -0.2) is 4.79 Å². The van der Waals surface area contributed by atoms with Gasteiger partial charge in [0.15, 0.2) is 16.9 Å². The summed E-state index contributed by atoms with van der Waals surface area (Å²) in [7, 11) is 1.59. The van der Waals surface area contributed by atoms with Crippen molar-refractivity contribution in [2.45, 2.75) is 13.5 Å². The summed E-state index contributed by atoms with van der Waals surface area (Å²) in [5, 5.41) is 0. The van der Waals surface area contributed by atoms with Crippen molar-refractivity contribution in [1.82, 2.24) is 18.5 Å². The van der Waals surface area contributed by atoms with Crippen LogP contribution >= 0.6 is 0 Å². The van der Waals surface area contributed by atoms with Gasteiger partial charge in [-0.15, -0.1) is 0 Å². The number of hydrogen-bond donors (Lipinski definition) is 0. The first-order valence-electron chi connectivity index (χ1n) is 7.78. The summed E-state index contributed by atoms with van der Waals surface area (Å²) in [6, 6.07) is 9.55. The van der Waals surface area contributed by atoms with Gasteiger partial charge in [-0.05, 0) is 6.92 Å². The van der Waals surface area contributed by atoms with Crippen LogP contribution in [0.1, 0.15) is 6.92 Å². The molecule has 0 saturated heterocycles. The third kappa shape index (κ3) is 2.24. The molecule has 0 aliphatic rings. The summed E-state index contributed by atoms with van der Waals surface area (Å²) in [4.78, 5) is 29.6. The number of imidazole rings is 1. The van der Waals surface area contributed by atoms with Gasteiger partial charge >= 0.3 is 11.5 Å². The lowest BCUT2D eigenvalue weighted by atomic mass is 10.2. The molecule has 4 rings (SSSR count). The number of hydrogen-bond acceptors (Lipinski definition) is 4. The van der Waals surface area contributed by atoms with E-state index in [1.807, 2.05) is 30.3 Å². The molecule has 0 fully saturated rings. The second kappa shape index (κ2) is 5.34. The van der Waals surface area contributed by atoms with Gasteiger partial charge in [0.2, 0.25) is 0 Å². The molecule has 0 aliphatic heterocycles. The molecular formula is C18H16N4O3. The Morgan fingerprint density at radius 2 is 1.96 bits per heavy atom. The highest BCUT2D eigenvalue weighted by atomic mass is 16.4. The minimum absolute atomic E-state index is 0.165. The van der Waals surface area contributed by atoms with Crippen molar-refractivity contribution in [3.8, 4) is 11.3 Å². The topological polar surface area (TPSA) is 74.4 Å². The van der Waals surface area contributed by atoms with Crippen LogP contribution in [0.4, 0.5) is 0 Å². The zero-order valence-electron chi connectivity index (χ0n) is 13.9. The van der Waals surface area contributed by atoms with Crippen LogP contribution in [0.25, 0.3) is 28.3 Å².